The van der Waals surface area contributed by atoms with Crippen LogP contribution in [0, 0.1) is 6.92 Å². The number of rotatable bonds is 2. The summed E-state index contributed by atoms with van der Waals surface area (Å²) >= 11 is 0. The Balaban J connectivity index is 1.66. The molecule has 4 aromatic heterocycles. The topological polar surface area (TPSA) is 70.1 Å². The van der Waals surface area contributed by atoms with Crippen molar-refractivity contribution in [3.8, 4) is 34.0 Å². The van der Waals surface area contributed by atoms with E-state index in [0.29, 0.717) is 6.61 Å². The fraction of sp³-hybridized carbons (Fsp3) is 0.0909. The number of aromatic nitrogens is 6. The summed E-state index contributed by atoms with van der Waals surface area (Å²) in [5.41, 5.74) is 7.30. The third-order valence-corrected chi connectivity index (χ3v) is 5.13. The maximum absolute atomic E-state index is 6.04. The average Bonchev–Trinajstić information content (AvgIpc) is 3.37. The van der Waals surface area contributed by atoms with Gasteiger partial charge in [0, 0.05) is 23.0 Å². The third-order valence-electron chi connectivity index (χ3n) is 5.13. The van der Waals surface area contributed by atoms with Gasteiger partial charge in [0.05, 0.1) is 11.4 Å². The van der Waals surface area contributed by atoms with Crippen molar-refractivity contribution in [2.24, 2.45) is 0 Å². The Morgan fingerprint density at radius 2 is 1.93 bits per heavy atom. The lowest BCUT2D eigenvalue weighted by atomic mass is 10.0. The molecule has 5 heterocycles. The van der Waals surface area contributed by atoms with Crippen LogP contribution in [0.1, 0.15) is 11.4 Å². The van der Waals surface area contributed by atoms with Gasteiger partial charge in [-0.25, -0.2) is 14.2 Å². The molecule has 0 spiro atoms. The number of nitrogens with zero attached hydrogens (tertiary/aromatic N) is 6. The minimum Gasteiger partial charge on any atom is -0.485 e. The van der Waals surface area contributed by atoms with Crippen LogP contribution in [0.15, 0.2) is 67.1 Å². The lowest BCUT2D eigenvalue weighted by Gasteiger charge is -2.19. The van der Waals surface area contributed by atoms with Crippen LogP contribution in [0.25, 0.3) is 33.8 Å². The van der Waals surface area contributed by atoms with Crippen LogP contribution in [0.4, 0.5) is 0 Å². The van der Waals surface area contributed by atoms with E-state index < -0.39 is 0 Å². The first-order chi connectivity index (χ1) is 14.3. The molecule has 7 heteroatoms. The van der Waals surface area contributed by atoms with E-state index in [1.807, 2.05) is 72.4 Å². The highest BCUT2D eigenvalue weighted by Crippen LogP contribution is 2.39. The number of fused-ring (bicyclic) bond motifs is 4. The predicted molar refractivity (Wildman–Crippen MR) is 108 cm³/mol. The fourth-order valence-electron chi connectivity index (χ4n) is 3.81. The SMILES string of the molecule is Cc1cccc(-c2nn3c(c2-c2ccc4ncnn4c2)COc2ccccc2-3)n1. The van der Waals surface area contributed by atoms with Crippen molar-refractivity contribution in [2.45, 2.75) is 13.5 Å². The molecule has 0 bridgehead atoms. The van der Waals surface area contributed by atoms with Crippen LogP contribution < -0.4 is 4.74 Å². The standard InChI is InChI=1S/C22H16N6O/c1-14-5-4-6-16(25-14)22-21(15-9-10-20-23-13-24-27(20)11-15)18-12-29-19-8-3-2-7-17(19)28(18)26-22/h2-11,13H,12H2,1H3. The molecule has 5 aromatic rings. The summed E-state index contributed by atoms with van der Waals surface area (Å²) in [6, 6.07) is 17.9. The Morgan fingerprint density at radius 1 is 1.00 bits per heavy atom. The molecule has 0 saturated heterocycles. The summed E-state index contributed by atoms with van der Waals surface area (Å²) in [6.07, 6.45) is 3.52. The van der Waals surface area contributed by atoms with Gasteiger partial charge in [-0.05, 0) is 43.3 Å². The van der Waals surface area contributed by atoms with E-state index >= 15 is 0 Å². The van der Waals surface area contributed by atoms with Crippen LogP contribution in [0.3, 0.4) is 0 Å². The molecule has 0 N–H and O–H groups in total. The summed E-state index contributed by atoms with van der Waals surface area (Å²) in [5, 5.41) is 9.26. The van der Waals surface area contributed by atoms with Crippen molar-refractivity contribution in [3.63, 3.8) is 0 Å². The summed E-state index contributed by atoms with van der Waals surface area (Å²) in [5.74, 6) is 0.824. The predicted octanol–water partition coefficient (Wildman–Crippen LogP) is 3.84. The third kappa shape index (κ3) is 2.44. The van der Waals surface area contributed by atoms with Crippen LogP contribution in [0.2, 0.25) is 0 Å². The normalized spacial score (nSPS) is 12.4. The number of hydrogen-bond donors (Lipinski definition) is 0. The van der Waals surface area contributed by atoms with E-state index in [0.717, 1.165) is 51.0 Å². The average molecular weight is 380 g/mol. The Bertz CT molecular complexity index is 1380. The minimum atomic E-state index is 0.431. The molecule has 29 heavy (non-hydrogen) atoms. The molecular weight excluding hydrogens is 364 g/mol. The van der Waals surface area contributed by atoms with Gasteiger partial charge in [-0.15, -0.1) is 0 Å². The molecule has 6 rings (SSSR count). The number of hydrogen-bond acceptors (Lipinski definition) is 5. The first kappa shape index (κ1) is 16.0. The van der Waals surface area contributed by atoms with Crippen molar-refractivity contribution in [3.05, 3.63) is 78.5 Å². The molecule has 1 aromatic carbocycles. The molecule has 7 nitrogen and oxygen atoms in total. The summed E-state index contributed by atoms with van der Waals surface area (Å²) in [6.45, 7) is 2.42. The van der Waals surface area contributed by atoms with Crippen molar-refractivity contribution < 1.29 is 4.74 Å². The molecule has 140 valence electrons. The Morgan fingerprint density at radius 3 is 2.86 bits per heavy atom. The molecule has 0 atom stereocenters. The lowest BCUT2D eigenvalue weighted by Crippen LogP contribution is -2.13. The number of benzene rings is 1. The second-order valence-electron chi connectivity index (χ2n) is 6.98. The fourth-order valence-corrected chi connectivity index (χ4v) is 3.81. The van der Waals surface area contributed by atoms with Gasteiger partial charge in [0.25, 0.3) is 0 Å². The molecule has 1 aliphatic rings. The van der Waals surface area contributed by atoms with Crippen molar-refractivity contribution in [1.82, 2.24) is 29.4 Å². The van der Waals surface area contributed by atoms with Gasteiger partial charge in [0.15, 0.2) is 5.65 Å². The first-order valence-corrected chi connectivity index (χ1v) is 9.36. The van der Waals surface area contributed by atoms with Crippen LogP contribution in [-0.2, 0) is 6.61 Å². The van der Waals surface area contributed by atoms with E-state index in [-0.39, 0.29) is 0 Å². The lowest BCUT2D eigenvalue weighted by molar-refractivity contribution is 0.282. The quantitative estimate of drug-likeness (QED) is 0.465. The van der Waals surface area contributed by atoms with Crippen LogP contribution in [-0.4, -0.2) is 29.4 Å². The molecule has 0 unspecified atom stereocenters. The number of para-hydroxylation sites is 2. The minimum absolute atomic E-state index is 0.431. The number of ether oxygens (including phenoxy) is 1. The van der Waals surface area contributed by atoms with E-state index in [4.69, 9.17) is 14.8 Å². The van der Waals surface area contributed by atoms with Crippen molar-refractivity contribution in [2.75, 3.05) is 0 Å². The first-order valence-electron chi connectivity index (χ1n) is 9.36. The highest BCUT2D eigenvalue weighted by molar-refractivity contribution is 5.82. The largest absolute Gasteiger partial charge is 0.485 e. The summed E-state index contributed by atoms with van der Waals surface area (Å²) in [7, 11) is 0. The van der Waals surface area contributed by atoms with Gasteiger partial charge in [0.1, 0.15) is 30.1 Å². The van der Waals surface area contributed by atoms with Gasteiger partial charge >= 0.3 is 0 Å². The van der Waals surface area contributed by atoms with E-state index in [1.165, 1.54) is 0 Å². The second-order valence-corrected chi connectivity index (χ2v) is 6.98. The van der Waals surface area contributed by atoms with Gasteiger partial charge in [-0.2, -0.15) is 10.2 Å². The van der Waals surface area contributed by atoms with E-state index in [2.05, 4.69) is 10.1 Å². The molecule has 0 fully saturated rings. The molecule has 1 aliphatic heterocycles. The van der Waals surface area contributed by atoms with Gasteiger partial charge in [-0.3, -0.25) is 4.98 Å². The van der Waals surface area contributed by atoms with Crippen molar-refractivity contribution in [1.29, 1.82) is 0 Å². The van der Waals surface area contributed by atoms with Crippen LogP contribution in [0.5, 0.6) is 5.75 Å². The molecular formula is C22H16N6O. The van der Waals surface area contributed by atoms with E-state index in [9.17, 15) is 0 Å². The zero-order valence-electron chi connectivity index (χ0n) is 15.6. The smallest absolute Gasteiger partial charge is 0.155 e. The maximum Gasteiger partial charge on any atom is 0.155 e. The van der Waals surface area contributed by atoms with Gasteiger partial charge in [0.2, 0.25) is 0 Å². The molecule has 0 amide bonds. The molecule has 0 radical (unpaired) electrons. The Hall–Kier alpha value is -4.00. The summed E-state index contributed by atoms with van der Waals surface area (Å²) in [4.78, 5) is 8.97. The zero-order valence-corrected chi connectivity index (χ0v) is 15.6. The maximum atomic E-state index is 6.04. The van der Waals surface area contributed by atoms with Crippen LogP contribution >= 0.6 is 0 Å². The monoisotopic (exact) mass is 380 g/mol. The van der Waals surface area contributed by atoms with Gasteiger partial charge < -0.3 is 4.74 Å². The van der Waals surface area contributed by atoms with Gasteiger partial charge in [-0.1, -0.05) is 18.2 Å². The Kier molecular flexibility index (Phi) is 3.31. The molecule has 0 aliphatic carbocycles. The highest BCUT2D eigenvalue weighted by atomic mass is 16.5. The Labute approximate surface area is 166 Å². The number of pyridine rings is 2. The molecule has 0 saturated carbocycles. The zero-order chi connectivity index (χ0) is 19.4. The second kappa shape index (κ2) is 6.00. The highest BCUT2D eigenvalue weighted by Gasteiger charge is 2.27. The number of aryl methyl sites for hydroxylation is 1. The van der Waals surface area contributed by atoms with Crippen molar-refractivity contribution >= 4 is 5.65 Å². The summed E-state index contributed by atoms with van der Waals surface area (Å²) < 4.78 is 9.78. The van der Waals surface area contributed by atoms with E-state index in [1.54, 1.807) is 10.8 Å².